The molecule has 0 radical (unpaired) electrons. The lowest BCUT2D eigenvalue weighted by atomic mass is 9.78. The molecule has 0 aromatic rings. The van der Waals surface area contributed by atoms with E-state index in [4.69, 9.17) is 17.0 Å². The molecule has 1 aliphatic rings. The van der Waals surface area contributed by atoms with E-state index >= 15 is 0 Å². The summed E-state index contributed by atoms with van der Waals surface area (Å²) in [6.07, 6.45) is 10.3. The third kappa shape index (κ3) is 6.22. The average molecular weight is 343 g/mol. The SMILES string of the molecule is CCCCCCCCOC1CC(C)(C)N(C(=S)NC)C(C)(C)C1. The molecule has 1 N–H and O–H groups in total. The number of hydrogen-bond acceptors (Lipinski definition) is 2. The van der Waals surface area contributed by atoms with Gasteiger partial charge in [-0.05, 0) is 59.2 Å². The Balaban J connectivity index is 2.45. The molecule has 3 nitrogen and oxygen atoms in total. The van der Waals surface area contributed by atoms with Crippen molar-refractivity contribution in [3.63, 3.8) is 0 Å². The van der Waals surface area contributed by atoms with Gasteiger partial charge in [0.2, 0.25) is 0 Å². The highest BCUT2D eigenvalue weighted by atomic mass is 32.1. The minimum absolute atomic E-state index is 0.0215. The molecule has 1 rings (SSSR count). The number of thiocarbonyl (C=S) groups is 1. The van der Waals surface area contributed by atoms with Gasteiger partial charge in [-0.3, -0.25) is 0 Å². The molecular formula is C19H38N2OS. The van der Waals surface area contributed by atoms with Crippen molar-refractivity contribution < 1.29 is 4.74 Å². The van der Waals surface area contributed by atoms with E-state index in [-0.39, 0.29) is 11.1 Å². The van der Waals surface area contributed by atoms with Crippen molar-refractivity contribution in [1.82, 2.24) is 10.2 Å². The molecule has 1 heterocycles. The van der Waals surface area contributed by atoms with Crippen LogP contribution in [0.4, 0.5) is 0 Å². The number of piperidine rings is 1. The fourth-order valence-electron chi connectivity index (χ4n) is 4.10. The van der Waals surface area contributed by atoms with Crippen LogP contribution in [0.3, 0.4) is 0 Å². The van der Waals surface area contributed by atoms with Gasteiger partial charge in [0.15, 0.2) is 5.11 Å². The Kier molecular flexibility index (Phi) is 8.29. The molecule has 136 valence electrons. The zero-order valence-electron chi connectivity index (χ0n) is 16.2. The lowest BCUT2D eigenvalue weighted by molar-refractivity contribution is -0.0712. The summed E-state index contributed by atoms with van der Waals surface area (Å²) in [5.41, 5.74) is 0.0429. The summed E-state index contributed by atoms with van der Waals surface area (Å²) in [4.78, 5) is 2.36. The number of nitrogens with zero attached hydrogens (tertiary/aromatic N) is 1. The molecule has 0 aromatic heterocycles. The Morgan fingerprint density at radius 1 is 1.04 bits per heavy atom. The number of rotatable bonds is 8. The maximum atomic E-state index is 6.23. The number of unbranched alkanes of at least 4 members (excludes halogenated alkanes) is 5. The second-order valence-electron chi connectivity index (χ2n) is 8.18. The van der Waals surface area contributed by atoms with Crippen LogP contribution in [-0.2, 0) is 4.74 Å². The number of ether oxygens (including phenoxy) is 1. The van der Waals surface area contributed by atoms with Crippen LogP contribution >= 0.6 is 12.2 Å². The third-order valence-corrected chi connectivity index (χ3v) is 5.32. The van der Waals surface area contributed by atoms with E-state index in [2.05, 4.69) is 44.8 Å². The second-order valence-corrected chi connectivity index (χ2v) is 8.57. The topological polar surface area (TPSA) is 24.5 Å². The summed E-state index contributed by atoms with van der Waals surface area (Å²) < 4.78 is 6.23. The van der Waals surface area contributed by atoms with Crippen LogP contribution < -0.4 is 5.32 Å². The van der Waals surface area contributed by atoms with Gasteiger partial charge >= 0.3 is 0 Å². The van der Waals surface area contributed by atoms with E-state index < -0.39 is 0 Å². The molecule has 0 spiro atoms. The highest BCUT2D eigenvalue weighted by molar-refractivity contribution is 7.80. The van der Waals surface area contributed by atoms with Gasteiger partial charge in [-0.2, -0.15) is 0 Å². The molecule has 0 bridgehead atoms. The normalized spacial score (nSPS) is 20.5. The first-order valence-electron chi connectivity index (χ1n) is 9.38. The van der Waals surface area contributed by atoms with E-state index in [1.807, 2.05) is 7.05 Å². The molecular weight excluding hydrogens is 304 g/mol. The second kappa shape index (κ2) is 9.22. The molecule has 0 saturated carbocycles. The molecule has 0 amide bonds. The molecule has 1 saturated heterocycles. The van der Waals surface area contributed by atoms with Gasteiger partial charge in [0.25, 0.3) is 0 Å². The molecule has 1 aliphatic heterocycles. The predicted octanol–water partition coefficient (Wildman–Crippen LogP) is 4.89. The summed E-state index contributed by atoms with van der Waals surface area (Å²) in [6.45, 7) is 12.3. The fourth-order valence-corrected chi connectivity index (χ4v) is 4.59. The molecule has 4 heteroatoms. The summed E-state index contributed by atoms with van der Waals surface area (Å²) in [7, 11) is 1.91. The first-order chi connectivity index (χ1) is 10.7. The van der Waals surface area contributed by atoms with E-state index in [1.54, 1.807) is 0 Å². The number of likely N-dealkylation sites (tertiary alicyclic amines) is 1. The molecule has 0 aliphatic carbocycles. The molecule has 1 fully saturated rings. The zero-order chi connectivity index (χ0) is 17.5. The highest BCUT2D eigenvalue weighted by Crippen LogP contribution is 2.39. The average Bonchev–Trinajstić information content (AvgIpc) is 2.43. The van der Waals surface area contributed by atoms with Crippen molar-refractivity contribution in [1.29, 1.82) is 0 Å². The van der Waals surface area contributed by atoms with Gasteiger partial charge in [0.1, 0.15) is 0 Å². The maximum Gasteiger partial charge on any atom is 0.169 e. The summed E-state index contributed by atoms with van der Waals surface area (Å²) >= 11 is 5.54. The van der Waals surface area contributed by atoms with Crippen molar-refractivity contribution >= 4 is 17.3 Å². The standard InChI is InChI=1S/C19H38N2OS/c1-7-8-9-10-11-12-13-22-16-14-18(2,3)21(17(23)20-6)19(4,5)15-16/h16H,7-15H2,1-6H3,(H,20,23). The monoisotopic (exact) mass is 342 g/mol. The quantitative estimate of drug-likeness (QED) is 0.501. The third-order valence-electron chi connectivity index (χ3n) is 4.93. The van der Waals surface area contributed by atoms with E-state index in [1.165, 1.54) is 38.5 Å². The van der Waals surface area contributed by atoms with E-state index in [9.17, 15) is 0 Å². The highest BCUT2D eigenvalue weighted by Gasteiger charge is 2.46. The molecule has 0 atom stereocenters. The zero-order valence-corrected chi connectivity index (χ0v) is 17.0. The first kappa shape index (κ1) is 20.7. The van der Waals surface area contributed by atoms with Crippen LogP contribution in [0.25, 0.3) is 0 Å². The van der Waals surface area contributed by atoms with Crippen LogP contribution in [0.2, 0.25) is 0 Å². The minimum Gasteiger partial charge on any atom is -0.378 e. The first-order valence-corrected chi connectivity index (χ1v) is 9.79. The Morgan fingerprint density at radius 3 is 2.09 bits per heavy atom. The summed E-state index contributed by atoms with van der Waals surface area (Å²) in [5.74, 6) is 0. The van der Waals surface area contributed by atoms with Crippen LogP contribution in [0.15, 0.2) is 0 Å². The maximum absolute atomic E-state index is 6.23. The Morgan fingerprint density at radius 2 is 1.57 bits per heavy atom. The van der Waals surface area contributed by atoms with Crippen LogP contribution in [0, 0.1) is 0 Å². The van der Waals surface area contributed by atoms with E-state index in [0.717, 1.165) is 24.6 Å². The van der Waals surface area contributed by atoms with Crippen molar-refractivity contribution in [3.05, 3.63) is 0 Å². The predicted molar refractivity (Wildman–Crippen MR) is 104 cm³/mol. The Labute approximate surface area is 149 Å². The lowest BCUT2D eigenvalue weighted by Gasteiger charge is -2.56. The van der Waals surface area contributed by atoms with Crippen LogP contribution in [0.5, 0.6) is 0 Å². The van der Waals surface area contributed by atoms with Crippen molar-refractivity contribution in [2.45, 2.75) is 103 Å². The molecule has 0 aromatic carbocycles. The van der Waals surface area contributed by atoms with Crippen LogP contribution in [-0.4, -0.2) is 40.8 Å². The van der Waals surface area contributed by atoms with Crippen LogP contribution in [0.1, 0.15) is 86.0 Å². The molecule has 0 unspecified atom stereocenters. The van der Waals surface area contributed by atoms with Crippen molar-refractivity contribution in [2.24, 2.45) is 0 Å². The van der Waals surface area contributed by atoms with Crippen molar-refractivity contribution in [2.75, 3.05) is 13.7 Å². The minimum atomic E-state index is 0.0215. The molecule has 23 heavy (non-hydrogen) atoms. The number of hydrogen-bond donors (Lipinski definition) is 1. The van der Waals surface area contributed by atoms with Gasteiger partial charge in [-0.1, -0.05) is 39.0 Å². The summed E-state index contributed by atoms with van der Waals surface area (Å²) in [5, 5.41) is 4.00. The summed E-state index contributed by atoms with van der Waals surface area (Å²) in [6, 6.07) is 0. The van der Waals surface area contributed by atoms with Gasteiger partial charge in [-0.15, -0.1) is 0 Å². The number of nitrogens with one attached hydrogen (secondary N) is 1. The largest absolute Gasteiger partial charge is 0.378 e. The van der Waals surface area contributed by atoms with Gasteiger partial charge < -0.3 is 15.0 Å². The van der Waals surface area contributed by atoms with Gasteiger partial charge in [-0.25, -0.2) is 0 Å². The lowest BCUT2D eigenvalue weighted by Crippen LogP contribution is -2.65. The fraction of sp³-hybridized carbons (Fsp3) is 0.947. The Bertz CT molecular complexity index is 350. The smallest absolute Gasteiger partial charge is 0.169 e. The van der Waals surface area contributed by atoms with Crippen molar-refractivity contribution in [3.8, 4) is 0 Å². The van der Waals surface area contributed by atoms with E-state index in [0.29, 0.717) is 6.10 Å². The van der Waals surface area contributed by atoms with Gasteiger partial charge in [0, 0.05) is 24.7 Å². The van der Waals surface area contributed by atoms with Gasteiger partial charge in [0.05, 0.1) is 6.10 Å². The Hall–Kier alpha value is -0.350.